The van der Waals surface area contributed by atoms with Crippen molar-refractivity contribution in [1.82, 2.24) is 14.8 Å². The van der Waals surface area contributed by atoms with Crippen molar-refractivity contribution in [2.45, 2.75) is 44.2 Å². The van der Waals surface area contributed by atoms with Gasteiger partial charge in [-0.05, 0) is 62.4 Å². The lowest BCUT2D eigenvalue weighted by Crippen LogP contribution is -2.17. The number of ether oxygens (including phenoxy) is 2. The zero-order valence-electron chi connectivity index (χ0n) is 19.6. The van der Waals surface area contributed by atoms with Gasteiger partial charge in [-0.3, -0.25) is 4.79 Å². The molecule has 0 aliphatic heterocycles. The first kappa shape index (κ1) is 24.3. The molecule has 0 saturated heterocycles. The van der Waals surface area contributed by atoms with Gasteiger partial charge in [0.15, 0.2) is 11.0 Å². The van der Waals surface area contributed by atoms with Crippen molar-refractivity contribution in [3.05, 3.63) is 40.3 Å². The highest BCUT2D eigenvalue weighted by Gasteiger charge is 2.26. The molecule has 0 bridgehead atoms. The molecule has 4 rings (SSSR count). The van der Waals surface area contributed by atoms with Crippen LogP contribution in [-0.2, 0) is 29.4 Å². The largest absolute Gasteiger partial charge is 0.497 e. The van der Waals surface area contributed by atoms with E-state index in [-0.39, 0.29) is 17.6 Å². The van der Waals surface area contributed by atoms with Gasteiger partial charge < -0.3 is 19.4 Å². The number of carbonyl (C=O) groups is 2. The van der Waals surface area contributed by atoms with Gasteiger partial charge in [-0.1, -0.05) is 18.2 Å². The van der Waals surface area contributed by atoms with Crippen LogP contribution in [0.15, 0.2) is 29.4 Å². The van der Waals surface area contributed by atoms with Crippen molar-refractivity contribution in [3.8, 4) is 17.1 Å². The molecular weight excluding hydrogens is 472 g/mol. The Morgan fingerprint density at radius 1 is 1.15 bits per heavy atom. The summed E-state index contributed by atoms with van der Waals surface area (Å²) < 4.78 is 12.4. The van der Waals surface area contributed by atoms with Gasteiger partial charge in [0.25, 0.3) is 0 Å². The Morgan fingerprint density at radius 3 is 2.65 bits per heavy atom. The number of hydrogen-bond acceptors (Lipinski definition) is 8. The summed E-state index contributed by atoms with van der Waals surface area (Å²) >= 11 is 2.80. The summed E-state index contributed by atoms with van der Waals surface area (Å²) in [4.78, 5) is 26.7. The molecule has 0 radical (unpaired) electrons. The lowest BCUT2D eigenvalue weighted by atomic mass is 10.1. The standard InChI is InChI=1S/C24H28N4O4S2/c1-4-32-23(30)20-17-8-6-5-7-9-18(17)34-22(20)25-19(29)14-33-24-27-26-21(28(24)2)15-10-12-16(31-3)13-11-15/h10-13H,4-9,14H2,1-3H3,(H,25,29). The van der Waals surface area contributed by atoms with E-state index >= 15 is 0 Å². The first-order valence-electron chi connectivity index (χ1n) is 11.3. The monoisotopic (exact) mass is 500 g/mol. The van der Waals surface area contributed by atoms with Crippen molar-refractivity contribution in [2.75, 3.05) is 24.8 Å². The second-order valence-corrected chi connectivity index (χ2v) is 9.97. The van der Waals surface area contributed by atoms with Crippen molar-refractivity contribution in [1.29, 1.82) is 0 Å². The molecule has 1 aromatic carbocycles. The van der Waals surface area contributed by atoms with Gasteiger partial charge in [-0.25, -0.2) is 4.79 Å². The SMILES string of the molecule is CCOC(=O)c1c(NC(=O)CSc2nnc(-c3ccc(OC)cc3)n2C)sc2c1CCCCC2. The highest BCUT2D eigenvalue weighted by atomic mass is 32.2. The molecule has 10 heteroatoms. The second kappa shape index (κ2) is 11.1. The number of aryl methyl sites for hydroxylation is 1. The number of aromatic nitrogens is 3. The van der Waals surface area contributed by atoms with Crippen molar-refractivity contribution >= 4 is 40.0 Å². The van der Waals surface area contributed by atoms with Crippen LogP contribution >= 0.6 is 23.1 Å². The van der Waals surface area contributed by atoms with Crippen LogP contribution in [0, 0.1) is 0 Å². The summed E-state index contributed by atoms with van der Waals surface area (Å²) in [6.45, 7) is 2.09. The summed E-state index contributed by atoms with van der Waals surface area (Å²) in [5.74, 6) is 1.07. The number of thioether (sulfide) groups is 1. The number of nitrogens with one attached hydrogen (secondary N) is 1. The molecule has 1 amide bonds. The first-order valence-corrected chi connectivity index (χ1v) is 13.1. The third kappa shape index (κ3) is 5.28. The number of amides is 1. The van der Waals surface area contributed by atoms with Gasteiger partial charge in [0, 0.05) is 17.5 Å². The van der Waals surface area contributed by atoms with Crippen LogP contribution in [-0.4, -0.2) is 46.1 Å². The Morgan fingerprint density at radius 2 is 1.91 bits per heavy atom. The van der Waals surface area contributed by atoms with Crippen molar-refractivity contribution in [3.63, 3.8) is 0 Å². The Labute approximate surface area is 207 Å². The second-order valence-electron chi connectivity index (χ2n) is 7.92. The maximum Gasteiger partial charge on any atom is 0.341 e. The minimum atomic E-state index is -0.359. The predicted octanol–water partition coefficient (Wildman–Crippen LogP) is 4.73. The minimum Gasteiger partial charge on any atom is -0.497 e. The summed E-state index contributed by atoms with van der Waals surface area (Å²) in [6.07, 6.45) is 5.07. The number of hydrogen-bond donors (Lipinski definition) is 1. The molecule has 180 valence electrons. The van der Waals surface area contributed by atoms with E-state index in [0.717, 1.165) is 49.0 Å². The van der Waals surface area contributed by atoms with Crippen LogP contribution < -0.4 is 10.1 Å². The number of carbonyl (C=O) groups excluding carboxylic acids is 2. The molecule has 0 atom stereocenters. The number of rotatable bonds is 8. The van der Waals surface area contributed by atoms with Gasteiger partial charge in [0.05, 0.1) is 25.0 Å². The minimum absolute atomic E-state index is 0.152. The molecule has 1 aliphatic carbocycles. The number of methoxy groups -OCH3 is 1. The number of esters is 1. The highest BCUT2D eigenvalue weighted by molar-refractivity contribution is 7.99. The van der Waals surface area contributed by atoms with Crippen LogP contribution in [0.3, 0.4) is 0 Å². The van der Waals surface area contributed by atoms with E-state index in [2.05, 4.69) is 15.5 Å². The summed E-state index contributed by atoms with van der Waals surface area (Å²) in [6, 6.07) is 7.57. The van der Waals surface area contributed by atoms with Crippen LogP contribution in [0.2, 0.25) is 0 Å². The highest BCUT2D eigenvalue weighted by Crippen LogP contribution is 2.38. The molecule has 0 saturated carbocycles. The molecule has 2 aromatic heterocycles. The molecule has 8 nitrogen and oxygen atoms in total. The molecule has 2 heterocycles. The molecule has 0 spiro atoms. The molecule has 1 aliphatic rings. The van der Waals surface area contributed by atoms with Gasteiger partial charge in [-0.15, -0.1) is 21.5 Å². The van der Waals surface area contributed by atoms with E-state index in [0.29, 0.717) is 28.2 Å². The average Bonchev–Trinajstić information content (AvgIpc) is 3.28. The van der Waals surface area contributed by atoms with Crippen molar-refractivity contribution in [2.24, 2.45) is 7.05 Å². The Balaban J connectivity index is 1.45. The molecule has 3 aromatic rings. The molecule has 0 fully saturated rings. The summed E-state index contributed by atoms with van der Waals surface area (Å²) in [7, 11) is 3.49. The Hall–Kier alpha value is -2.85. The van der Waals surface area contributed by atoms with Gasteiger partial charge in [0.2, 0.25) is 5.91 Å². The topological polar surface area (TPSA) is 95.3 Å². The van der Waals surface area contributed by atoms with Gasteiger partial charge in [0.1, 0.15) is 10.8 Å². The van der Waals surface area contributed by atoms with Gasteiger partial charge in [-0.2, -0.15) is 0 Å². The van der Waals surface area contributed by atoms with E-state index in [1.54, 1.807) is 14.0 Å². The van der Waals surface area contributed by atoms with E-state index < -0.39 is 0 Å². The fourth-order valence-electron chi connectivity index (χ4n) is 3.97. The molecule has 1 N–H and O–H groups in total. The maximum atomic E-state index is 12.8. The lowest BCUT2D eigenvalue weighted by Gasteiger charge is -2.08. The quantitative estimate of drug-likeness (QED) is 0.271. The fourth-order valence-corrected chi connectivity index (χ4v) is 5.98. The third-order valence-electron chi connectivity index (χ3n) is 5.67. The van der Waals surface area contributed by atoms with E-state index in [1.807, 2.05) is 35.9 Å². The first-order chi connectivity index (χ1) is 16.5. The summed E-state index contributed by atoms with van der Waals surface area (Å²) in [5.41, 5.74) is 2.48. The normalized spacial score (nSPS) is 13.1. The van der Waals surface area contributed by atoms with Crippen LogP contribution in [0.4, 0.5) is 5.00 Å². The molecule has 34 heavy (non-hydrogen) atoms. The number of nitrogens with zero attached hydrogens (tertiary/aromatic N) is 3. The summed E-state index contributed by atoms with van der Waals surface area (Å²) in [5, 5.41) is 12.7. The van der Waals surface area contributed by atoms with Gasteiger partial charge >= 0.3 is 5.97 Å². The van der Waals surface area contributed by atoms with Crippen LogP contribution in [0.25, 0.3) is 11.4 Å². The zero-order valence-corrected chi connectivity index (χ0v) is 21.2. The maximum absolute atomic E-state index is 12.8. The van der Waals surface area contributed by atoms with E-state index in [9.17, 15) is 9.59 Å². The Bertz CT molecular complexity index is 1170. The lowest BCUT2D eigenvalue weighted by molar-refractivity contribution is -0.113. The van der Waals surface area contributed by atoms with Crippen LogP contribution in [0.5, 0.6) is 5.75 Å². The molecular formula is C24H28N4O4S2. The molecule has 0 unspecified atom stereocenters. The Kier molecular flexibility index (Phi) is 7.89. The number of benzene rings is 1. The third-order valence-corrected chi connectivity index (χ3v) is 7.90. The number of anilines is 1. The number of fused-ring (bicyclic) bond motifs is 1. The predicted molar refractivity (Wildman–Crippen MR) is 134 cm³/mol. The van der Waals surface area contributed by atoms with Crippen molar-refractivity contribution < 1.29 is 19.1 Å². The fraction of sp³-hybridized carbons (Fsp3) is 0.417. The smallest absolute Gasteiger partial charge is 0.341 e. The van der Waals surface area contributed by atoms with Crippen LogP contribution in [0.1, 0.15) is 47.0 Å². The average molecular weight is 501 g/mol. The zero-order chi connectivity index (χ0) is 24.1. The van der Waals surface area contributed by atoms with E-state index in [4.69, 9.17) is 9.47 Å². The number of thiophene rings is 1. The van der Waals surface area contributed by atoms with E-state index in [1.165, 1.54) is 28.0 Å².